The average Bonchev–Trinajstić information content (AvgIpc) is 2.98. The minimum atomic E-state index is -2.59. The second-order valence-electron chi connectivity index (χ2n) is 11.3. The van der Waals surface area contributed by atoms with Crippen molar-refractivity contribution in [3.8, 4) is 0 Å². The van der Waals surface area contributed by atoms with Crippen LogP contribution in [0.3, 0.4) is 0 Å². The molecule has 0 bridgehead atoms. The number of ether oxygens (including phenoxy) is 3. The van der Waals surface area contributed by atoms with E-state index in [9.17, 15) is 14.5 Å². The van der Waals surface area contributed by atoms with Gasteiger partial charge in [-0.1, -0.05) is 158 Å². The van der Waals surface area contributed by atoms with E-state index < -0.39 is 31.7 Å². The lowest BCUT2D eigenvalue weighted by molar-refractivity contribution is -0.259. The Hall–Kier alpha value is -0.980. The molecule has 5 unspecified atom stereocenters. The summed E-state index contributed by atoms with van der Waals surface area (Å²) in [6.07, 6.45) is 20.6. The quantitative estimate of drug-likeness (QED) is 0.0338. The molecule has 0 saturated heterocycles. The average molecular weight is 614 g/mol. The number of aliphatic hydroxyl groups is 1. The number of esters is 1. The summed E-state index contributed by atoms with van der Waals surface area (Å²) in [7, 11) is -1.46. The smallest absolute Gasteiger partial charge is 0.453 e. The van der Waals surface area contributed by atoms with Crippen LogP contribution in [-0.2, 0) is 30.2 Å². The van der Waals surface area contributed by atoms with E-state index in [1.165, 1.54) is 89.9 Å². The van der Waals surface area contributed by atoms with Crippen molar-refractivity contribution in [1.29, 1.82) is 0 Å². The molecule has 0 spiro atoms. The molecule has 0 aliphatic heterocycles. The normalized spacial score (nSPS) is 15.3. The first-order chi connectivity index (χ1) is 19.9. The summed E-state index contributed by atoms with van der Waals surface area (Å²) in [6, 6.07) is 9.09. The molecule has 0 radical (unpaired) electrons. The first-order valence-electron chi connectivity index (χ1n) is 16.2. The van der Waals surface area contributed by atoms with Gasteiger partial charge in [0.05, 0.1) is 0 Å². The molecular formula is C33H58O6PS+. The molecule has 0 amide bonds. The van der Waals surface area contributed by atoms with E-state index in [0.29, 0.717) is 12.3 Å². The third-order valence-electron chi connectivity index (χ3n) is 7.54. The Morgan fingerprint density at radius 3 is 1.85 bits per heavy atom. The predicted molar refractivity (Wildman–Crippen MR) is 173 cm³/mol. The maximum atomic E-state index is 12.6. The van der Waals surface area contributed by atoms with Gasteiger partial charge in [-0.2, -0.15) is 0 Å². The summed E-state index contributed by atoms with van der Waals surface area (Å²) in [5.74, 6) is -0.597. The van der Waals surface area contributed by atoms with E-state index in [2.05, 4.69) is 13.8 Å². The summed E-state index contributed by atoms with van der Waals surface area (Å²) in [5, 5.41) is 10.7. The molecule has 0 heterocycles. The Morgan fingerprint density at radius 2 is 1.37 bits per heavy atom. The summed E-state index contributed by atoms with van der Waals surface area (Å²) < 4.78 is 28.6. The van der Waals surface area contributed by atoms with Crippen LogP contribution in [0.1, 0.15) is 142 Å². The largest absolute Gasteiger partial charge is 0.472 e. The van der Waals surface area contributed by atoms with Crippen molar-refractivity contribution in [2.24, 2.45) is 5.92 Å². The highest BCUT2D eigenvalue weighted by Crippen LogP contribution is 2.30. The first-order valence-corrected chi connectivity index (χ1v) is 17.6. The maximum Gasteiger partial charge on any atom is 0.472 e. The van der Waals surface area contributed by atoms with E-state index in [1.807, 2.05) is 25.1 Å². The summed E-state index contributed by atoms with van der Waals surface area (Å²) in [4.78, 5) is 12.6. The lowest BCUT2D eigenvalue weighted by atomic mass is 9.91. The highest BCUT2D eigenvalue weighted by molar-refractivity contribution is 7.80. The molecule has 0 aromatic heterocycles. The lowest BCUT2D eigenvalue weighted by Crippen LogP contribution is -2.42. The predicted octanol–water partition coefficient (Wildman–Crippen LogP) is 9.71. The fourth-order valence-electron chi connectivity index (χ4n) is 5.01. The van der Waals surface area contributed by atoms with Gasteiger partial charge in [0.25, 0.3) is 0 Å². The number of unbranched alkanes of at least 4 members (excludes halogenated alkanes) is 12. The molecule has 0 saturated carbocycles. The van der Waals surface area contributed by atoms with E-state index in [1.54, 1.807) is 12.1 Å². The Bertz CT molecular complexity index is 782. The fraction of sp³-hybridized carbons (Fsp3) is 0.788. The summed E-state index contributed by atoms with van der Waals surface area (Å²) in [5.41, 5.74) is -2.25. The van der Waals surface area contributed by atoms with E-state index in [4.69, 9.17) is 26.8 Å². The SMILES string of the molecule is CCCCCCCCCCCC(CCCCCCC)CC(S)OC(CC)OC(O)([PH+]=O)C(=O)OCc1ccccc1. The van der Waals surface area contributed by atoms with Gasteiger partial charge in [-0.3, -0.25) is 4.74 Å². The topological polar surface area (TPSA) is 82.1 Å². The standard InChI is InChI=1S/C33H57O6PS/c1-4-7-9-11-12-13-14-16-19-23-28(22-18-15-10-8-5-2)26-31(41)38-30(6-3)39-33(35,40-36)32(34)37-27-29-24-20-17-21-25-29/h17,20-21,24-25,28,30-31,35,41H,4-16,18-19,22-23,26-27H2,1-3H3/p+1. The van der Waals surface area contributed by atoms with Gasteiger partial charge in [0.15, 0.2) is 6.29 Å². The molecule has 1 rings (SSSR count). The van der Waals surface area contributed by atoms with Gasteiger partial charge < -0.3 is 14.6 Å². The van der Waals surface area contributed by atoms with Gasteiger partial charge in [-0.05, 0) is 24.3 Å². The number of thiol groups is 1. The molecule has 6 nitrogen and oxygen atoms in total. The van der Waals surface area contributed by atoms with Crippen LogP contribution < -0.4 is 0 Å². The van der Waals surface area contributed by atoms with E-state index in [0.717, 1.165) is 24.8 Å². The van der Waals surface area contributed by atoms with Crippen LogP contribution in [0, 0.1) is 5.92 Å². The van der Waals surface area contributed by atoms with Crippen molar-refractivity contribution in [3.63, 3.8) is 0 Å². The highest BCUT2D eigenvalue weighted by atomic mass is 32.1. The first kappa shape index (κ1) is 38.0. The molecule has 5 atom stereocenters. The summed E-state index contributed by atoms with van der Waals surface area (Å²) in [6.45, 7) is 6.26. The van der Waals surface area contributed by atoms with Gasteiger partial charge in [0.1, 0.15) is 12.0 Å². The summed E-state index contributed by atoms with van der Waals surface area (Å²) >= 11 is 4.70. The molecule has 1 aromatic rings. The second-order valence-corrected chi connectivity index (χ2v) is 12.7. The van der Waals surface area contributed by atoms with Crippen molar-refractivity contribution in [2.45, 2.75) is 160 Å². The van der Waals surface area contributed by atoms with Gasteiger partial charge in [-0.15, -0.1) is 12.6 Å². The number of hydrogen-bond acceptors (Lipinski definition) is 7. The zero-order valence-corrected chi connectivity index (χ0v) is 27.9. The van der Waals surface area contributed by atoms with Crippen molar-refractivity contribution >= 4 is 27.1 Å². The van der Waals surface area contributed by atoms with Crippen molar-refractivity contribution in [3.05, 3.63) is 35.9 Å². The Kier molecular flexibility index (Phi) is 22.7. The lowest BCUT2D eigenvalue weighted by Gasteiger charge is -2.26. The van der Waals surface area contributed by atoms with Crippen molar-refractivity contribution in [2.75, 3.05) is 0 Å². The number of rotatable bonds is 27. The van der Waals surface area contributed by atoms with Crippen LogP contribution in [0.2, 0.25) is 0 Å². The van der Waals surface area contributed by atoms with Crippen LogP contribution in [0.4, 0.5) is 0 Å². The Balaban J connectivity index is 2.57. The maximum absolute atomic E-state index is 12.6. The Labute approximate surface area is 257 Å². The minimum absolute atomic E-state index is 0.0541. The van der Waals surface area contributed by atoms with Crippen LogP contribution in [0.15, 0.2) is 30.3 Å². The molecule has 0 aliphatic rings. The molecule has 8 heteroatoms. The van der Waals surface area contributed by atoms with Gasteiger partial charge in [-0.25, -0.2) is 4.79 Å². The van der Waals surface area contributed by atoms with Crippen molar-refractivity contribution in [1.82, 2.24) is 0 Å². The molecular weight excluding hydrogens is 555 g/mol. The molecule has 0 aliphatic carbocycles. The molecule has 236 valence electrons. The highest BCUT2D eigenvalue weighted by Gasteiger charge is 2.51. The molecule has 1 aromatic carbocycles. The monoisotopic (exact) mass is 613 g/mol. The van der Waals surface area contributed by atoms with Crippen LogP contribution >= 0.6 is 21.1 Å². The van der Waals surface area contributed by atoms with E-state index in [-0.39, 0.29) is 6.61 Å². The molecule has 1 N–H and O–H groups in total. The zero-order valence-electron chi connectivity index (χ0n) is 26.0. The number of benzene rings is 1. The molecule has 0 fully saturated rings. The van der Waals surface area contributed by atoms with Gasteiger partial charge >= 0.3 is 20.0 Å². The number of carbonyl (C=O) groups is 1. The number of carbonyl (C=O) groups excluding carboxylic acids is 1. The van der Waals surface area contributed by atoms with E-state index >= 15 is 0 Å². The van der Waals surface area contributed by atoms with Crippen molar-refractivity contribution < 1.29 is 28.7 Å². The fourth-order valence-corrected chi connectivity index (χ4v) is 5.78. The van der Waals surface area contributed by atoms with Crippen LogP contribution in [-0.4, -0.2) is 28.3 Å². The Morgan fingerprint density at radius 1 is 0.854 bits per heavy atom. The molecule has 41 heavy (non-hydrogen) atoms. The second kappa shape index (κ2) is 24.5. The third kappa shape index (κ3) is 18.3. The third-order valence-corrected chi connectivity index (χ3v) is 8.47. The minimum Gasteiger partial charge on any atom is -0.453 e. The zero-order chi connectivity index (χ0) is 30.2. The van der Waals surface area contributed by atoms with Crippen LogP contribution in [0.5, 0.6) is 0 Å². The number of hydrogen-bond donors (Lipinski definition) is 2. The van der Waals surface area contributed by atoms with Gasteiger partial charge in [0.2, 0.25) is 0 Å². The van der Waals surface area contributed by atoms with Gasteiger partial charge in [0, 0.05) is 0 Å². The van der Waals surface area contributed by atoms with Crippen LogP contribution in [0.25, 0.3) is 0 Å².